The van der Waals surface area contributed by atoms with Gasteiger partial charge in [-0.1, -0.05) is 6.92 Å². The summed E-state index contributed by atoms with van der Waals surface area (Å²) in [4.78, 5) is 25.9. The number of rotatable bonds is 6. The molecule has 160 valence electrons. The number of anilines is 2. The third-order valence-corrected chi connectivity index (χ3v) is 6.71. The lowest BCUT2D eigenvalue weighted by Gasteiger charge is -2.22. The van der Waals surface area contributed by atoms with Crippen LogP contribution in [0.1, 0.15) is 32.3 Å². The van der Waals surface area contributed by atoms with Crippen molar-refractivity contribution in [3.8, 4) is 0 Å². The molecule has 0 bridgehead atoms. The van der Waals surface area contributed by atoms with Gasteiger partial charge in [-0.2, -0.15) is 0 Å². The van der Waals surface area contributed by atoms with Crippen LogP contribution in [0.2, 0.25) is 0 Å². The van der Waals surface area contributed by atoms with Crippen molar-refractivity contribution >= 4 is 33.0 Å². The number of hydrogen-bond donors (Lipinski definition) is 1. The van der Waals surface area contributed by atoms with Crippen LogP contribution in [0.5, 0.6) is 0 Å². The van der Waals surface area contributed by atoms with E-state index in [1.54, 1.807) is 17.9 Å². The molecule has 0 saturated heterocycles. The summed E-state index contributed by atoms with van der Waals surface area (Å²) in [5.41, 5.74) is 1.12. The molecule has 0 aromatic heterocycles. The molecule has 9 heteroatoms. The molecule has 1 heterocycles. The largest absolute Gasteiger partial charge is 0.323 e. The van der Waals surface area contributed by atoms with Gasteiger partial charge in [-0.05, 0) is 49.2 Å². The van der Waals surface area contributed by atoms with Gasteiger partial charge in [0, 0.05) is 30.6 Å². The van der Waals surface area contributed by atoms with E-state index < -0.39 is 39.6 Å². The van der Waals surface area contributed by atoms with Crippen molar-refractivity contribution in [2.45, 2.75) is 44.0 Å². The van der Waals surface area contributed by atoms with Crippen molar-refractivity contribution in [3.63, 3.8) is 0 Å². The number of nitrogens with one attached hydrogen (secondary N) is 1. The predicted molar refractivity (Wildman–Crippen MR) is 109 cm³/mol. The number of nitrogens with zero attached hydrogens (tertiary/aromatic N) is 1. The maximum atomic E-state index is 13.6. The normalized spacial score (nSPS) is 15.7. The third kappa shape index (κ3) is 4.51. The van der Waals surface area contributed by atoms with Gasteiger partial charge in [0.2, 0.25) is 11.8 Å². The number of carbonyl (C=O) groups excluding carboxylic acids is 2. The highest BCUT2D eigenvalue weighted by Gasteiger charge is 2.31. The van der Waals surface area contributed by atoms with E-state index in [1.807, 2.05) is 6.92 Å². The molecule has 1 unspecified atom stereocenters. The topological polar surface area (TPSA) is 83.6 Å². The van der Waals surface area contributed by atoms with Crippen molar-refractivity contribution in [2.75, 3.05) is 16.0 Å². The summed E-state index contributed by atoms with van der Waals surface area (Å²) in [6.45, 7) is 3.67. The van der Waals surface area contributed by atoms with Crippen LogP contribution >= 0.6 is 0 Å². The zero-order valence-electron chi connectivity index (χ0n) is 16.6. The van der Waals surface area contributed by atoms with Crippen molar-refractivity contribution < 1.29 is 26.8 Å². The standard InChI is InChI=1S/C21H22F2N2O4S/c1-3-21(27)25-13(2)10-14-11-16(5-7-19(14)25)30(28,29)9-8-20(26)24-18-12-15(22)4-6-17(18)23/h4-7,11-13H,3,8-10H2,1-2H3,(H,24,26). The zero-order valence-corrected chi connectivity index (χ0v) is 17.4. The summed E-state index contributed by atoms with van der Waals surface area (Å²) < 4.78 is 52.1. The van der Waals surface area contributed by atoms with Gasteiger partial charge in [0.05, 0.1) is 16.3 Å². The molecule has 2 amide bonds. The van der Waals surface area contributed by atoms with E-state index >= 15 is 0 Å². The average molecular weight is 436 g/mol. The Hall–Kier alpha value is -2.81. The molecule has 0 spiro atoms. The Kier molecular flexibility index (Phi) is 6.21. The highest BCUT2D eigenvalue weighted by Crippen LogP contribution is 2.34. The second-order valence-electron chi connectivity index (χ2n) is 7.20. The molecule has 2 aromatic carbocycles. The van der Waals surface area contributed by atoms with Gasteiger partial charge in [0.25, 0.3) is 0 Å². The van der Waals surface area contributed by atoms with Crippen LogP contribution in [0, 0.1) is 11.6 Å². The van der Waals surface area contributed by atoms with Crippen molar-refractivity contribution in [1.82, 2.24) is 0 Å². The Morgan fingerprint density at radius 1 is 1.17 bits per heavy atom. The molecule has 1 aliphatic heterocycles. The second-order valence-corrected chi connectivity index (χ2v) is 9.31. The maximum Gasteiger partial charge on any atom is 0.226 e. The van der Waals surface area contributed by atoms with E-state index in [9.17, 15) is 26.8 Å². The lowest BCUT2D eigenvalue weighted by atomic mass is 10.1. The molecule has 0 radical (unpaired) electrons. The minimum absolute atomic E-state index is 0.0295. The van der Waals surface area contributed by atoms with Crippen LogP contribution in [0.25, 0.3) is 0 Å². The molecule has 1 aliphatic rings. The minimum Gasteiger partial charge on any atom is -0.323 e. The van der Waals surface area contributed by atoms with Gasteiger partial charge in [0.1, 0.15) is 11.6 Å². The van der Waals surface area contributed by atoms with Crippen molar-refractivity contribution in [2.24, 2.45) is 0 Å². The van der Waals surface area contributed by atoms with E-state index in [1.165, 1.54) is 12.1 Å². The molecular weight excluding hydrogens is 414 g/mol. The molecule has 3 rings (SSSR count). The number of sulfone groups is 1. The number of benzene rings is 2. The van der Waals surface area contributed by atoms with Crippen LogP contribution in [-0.4, -0.2) is 32.0 Å². The fraction of sp³-hybridized carbons (Fsp3) is 0.333. The Bertz CT molecular complexity index is 1100. The first kappa shape index (κ1) is 21.9. The van der Waals surface area contributed by atoms with Gasteiger partial charge in [-0.3, -0.25) is 9.59 Å². The lowest BCUT2D eigenvalue weighted by molar-refractivity contribution is -0.118. The minimum atomic E-state index is -3.78. The van der Waals surface area contributed by atoms with Crippen LogP contribution in [0.15, 0.2) is 41.3 Å². The fourth-order valence-corrected chi connectivity index (χ4v) is 4.79. The first-order valence-corrected chi connectivity index (χ1v) is 11.2. The Morgan fingerprint density at radius 3 is 2.60 bits per heavy atom. The molecule has 0 saturated carbocycles. The quantitative estimate of drug-likeness (QED) is 0.752. The van der Waals surface area contributed by atoms with Crippen molar-refractivity contribution in [1.29, 1.82) is 0 Å². The molecule has 0 fully saturated rings. The second kappa shape index (κ2) is 8.51. The molecule has 0 aliphatic carbocycles. The highest BCUT2D eigenvalue weighted by atomic mass is 32.2. The number of amides is 2. The molecule has 1 N–H and O–H groups in total. The summed E-state index contributed by atoms with van der Waals surface area (Å²) in [6, 6.07) is 7.13. The molecule has 1 atom stereocenters. The van der Waals surface area contributed by atoms with Gasteiger partial charge in [-0.25, -0.2) is 17.2 Å². The predicted octanol–water partition coefficient (Wildman–Crippen LogP) is 3.45. The van der Waals surface area contributed by atoms with Crippen LogP contribution < -0.4 is 10.2 Å². The Balaban J connectivity index is 1.71. The summed E-state index contributed by atoms with van der Waals surface area (Å²) in [7, 11) is -3.78. The van der Waals surface area contributed by atoms with Crippen LogP contribution in [0.3, 0.4) is 0 Å². The Labute approximate surface area is 173 Å². The first-order chi connectivity index (χ1) is 14.1. The zero-order chi connectivity index (χ0) is 22.1. The maximum absolute atomic E-state index is 13.6. The molecule has 30 heavy (non-hydrogen) atoms. The SMILES string of the molecule is CCC(=O)N1c2ccc(S(=O)(=O)CCC(=O)Nc3cc(F)ccc3F)cc2CC1C. The van der Waals surface area contributed by atoms with Gasteiger partial charge in [-0.15, -0.1) is 0 Å². The number of fused-ring (bicyclic) bond motifs is 1. The molecular formula is C21H22F2N2O4S. The van der Waals surface area contributed by atoms with E-state index in [-0.39, 0.29) is 22.5 Å². The summed E-state index contributed by atoms with van der Waals surface area (Å²) >= 11 is 0. The summed E-state index contributed by atoms with van der Waals surface area (Å²) in [5.74, 6) is -2.79. The Morgan fingerprint density at radius 2 is 1.90 bits per heavy atom. The van der Waals surface area contributed by atoms with E-state index in [4.69, 9.17) is 0 Å². The van der Waals surface area contributed by atoms with Gasteiger partial charge in [0.15, 0.2) is 9.84 Å². The van der Waals surface area contributed by atoms with Crippen molar-refractivity contribution in [3.05, 3.63) is 53.6 Å². The van der Waals surface area contributed by atoms with Crippen LogP contribution in [-0.2, 0) is 25.8 Å². The average Bonchev–Trinajstić information content (AvgIpc) is 3.03. The van der Waals surface area contributed by atoms with Gasteiger partial charge < -0.3 is 10.2 Å². The molecule has 6 nitrogen and oxygen atoms in total. The number of halogens is 2. The third-order valence-electron chi connectivity index (χ3n) is 5.00. The highest BCUT2D eigenvalue weighted by molar-refractivity contribution is 7.91. The molecule has 2 aromatic rings. The van der Waals surface area contributed by atoms with E-state index in [2.05, 4.69) is 5.32 Å². The van der Waals surface area contributed by atoms with E-state index in [0.717, 1.165) is 23.8 Å². The van der Waals surface area contributed by atoms with E-state index in [0.29, 0.717) is 18.5 Å². The summed E-state index contributed by atoms with van der Waals surface area (Å²) in [6.07, 6.45) is 0.487. The number of carbonyl (C=O) groups is 2. The summed E-state index contributed by atoms with van der Waals surface area (Å²) in [5, 5.41) is 2.18. The smallest absolute Gasteiger partial charge is 0.226 e. The fourth-order valence-electron chi connectivity index (χ4n) is 3.50. The lowest BCUT2D eigenvalue weighted by Crippen LogP contribution is -2.35. The van der Waals surface area contributed by atoms with Crippen LogP contribution in [0.4, 0.5) is 20.2 Å². The number of hydrogen-bond acceptors (Lipinski definition) is 4. The van der Waals surface area contributed by atoms with Gasteiger partial charge >= 0.3 is 0 Å². The first-order valence-electron chi connectivity index (χ1n) is 9.55. The monoisotopic (exact) mass is 436 g/mol.